The molecule has 25 heavy (non-hydrogen) atoms. The van der Waals surface area contributed by atoms with E-state index >= 15 is 0 Å². The average Bonchev–Trinajstić information content (AvgIpc) is 3.14. The lowest BCUT2D eigenvalue weighted by Crippen LogP contribution is -2.41. The molecule has 4 rings (SSSR count). The van der Waals surface area contributed by atoms with Gasteiger partial charge in [0.15, 0.2) is 5.58 Å². The van der Waals surface area contributed by atoms with E-state index in [4.69, 9.17) is 20.8 Å². The van der Waals surface area contributed by atoms with Crippen LogP contribution in [0.5, 0.6) is 0 Å². The number of ether oxygens (including phenoxy) is 1. The molecule has 6 heteroatoms. The summed E-state index contributed by atoms with van der Waals surface area (Å²) in [6.07, 6.45) is 0. The number of morpholine rings is 1. The summed E-state index contributed by atoms with van der Waals surface area (Å²) in [5.41, 5.74) is 3.22. The third-order valence-electron chi connectivity index (χ3n) is 4.52. The van der Waals surface area contributed by atoms with E-state index in [0.717, 1.165) is 22.4 Å². The van der Waals surface area contributed by atoms with Gasteiger partial charge in [0.1, 0.15) is 11.5 Å². The van der Waals surface area contributed by atoms with Gasteiger partial charge in [0.05, 0.1) is 18.7 Å². The van der Waals surface area contributed by atoms with Gasteiger partial charge in [-0.3, -0.25) is 4.79 Å². The van der Waals surface area contributed by atoms with Crippen molar-refractivity contribution in [1.29, 1.82) is 0 Å². The fraction of sp³-hybridized carbons (Fsp3) is 0.316. The number of halogens is 1. The summed E-state index contributed by atoms with van der Waals surface area (Å²) >= 11 is 6.33. The lowest BCUT2D eigenvalue weighted by molar-refractivity contribution is 0.0296. The monoisotopic (exact) mass is 358 g/mol. The van der Waals surface area contributed by atoms with Crippen LogP contribution in [0.3, 0.4) is 0 Å². The van der Waals surface area contributed by atoms with Crippen molar-refractivity contribution in [1.82, 2.24) is 9.47 Å². The molecule has 1 fully saturated rings. The standard InChI is InChI=1S/C19H19ClN2O3/c1-13-10-16-18(25-13)11-17(19(23)21-6-8-24-9-7-21)22(16)12-14-4-2-3-5-15(14)20/h2-5,10-11H,6-9,12H2,1H3. The maximum absolute atomic E-state index is 13.0. The average molecular weight is 359 g/mol. The minimum Gasteiger partial charge on any atom is -0.460 e. The van der Waals surface area contributed by atoms with Gasteiger partial charge in [-0.05, 0) is 18.6 Å². The molecule has 0 saturated carbocycles. The number of carbonyl (C=O) groups excluding carboxylic acids is 1. The van der Waals surface area contributed by atoms with Crippen LogP contribution in [0.1, 0.15) is 21.8 Å². The summed E-state index contributed by atoms with van der Waals surface area (Å²) in [7, 11) is 0. The van der Waals surface area contributed by atoms with Crippen LogP contribution in [0.15, 0.2) is 40.8 Å². The second kappa shape index (κ2) is 6.58. The largest absolute Gasteiger partial charge is 0.460 e. The summed E-state index contributed by atoms with van der Waals surface area (Å²) in [6, 6.07) is 11.5. The number of aromatic nitrogens is 1. The van der Waals surface area contributed by atoms with Crippen LogP contribution in [0, 0.1) is 6.92 Å². The van der Waals surface area contributed by atoms with Gasteiger partial charge in [-0.1, -0.05) is 29.8 Å². The van der Waals surface area contributed by atoms with E-state index in [1.54, 1.807) is 0 Å². The Bertz CT molecular complexity index is 922. The van der Waals surface area contributed by atoms with Crippen molar-refractivity contribution < 1.29 is 13.9 Å². The molecule has 5 nitrogen and oxygen atoms in total. The lowest BCUT2D eigenvalue weighted by Gasteiger charge is -2.27. The molecule has 0 radical (unpaired) electrons. The smallest absolute Gasteiger partial charge is 0.270 e. The number of rotatable bonds is 3. The van der Waals surface area contributed by atoms with Crippen molar-refractivity contribution in [3.63, 3.8) is 0 Å². The Kier molecular flexibility index (Phi) is 4.27. The van der Waals surface area contributed by atoms with Crippen molar-refractivity contribution in [2.45, 2.75) is 13.5 Å². The quantitative estimate of drug-likeness (QED) is 0.717. The van der Waals surface area contributed by atoms with Crippen LogP contribution in [0.2, 0.25) is 5.02 Å². The number of hydrogen-bond acceptors (Lipinski definition) is 3. The summed E-state index contributed by atoms with van der Waals surface area (Å²) in [6.45, 7) is 4.79. The molecule has 1 amide bonds. The van der Waals surface area contributed by atoms with Crippen LogP contribution in [0.25, 0.3) is 11.1 Å². The molecule has 1 saturated heterocycles. The maximum atomic E-state index is 13.0. The molecule has 1 aliphatic heterocycles. The molecule has 130 valence electrons. The van der Waals surface area contributed by atoms with E-state index in [0.29, 0.717) is 43.6 Å². The Morgan fingerprint density at radius 1 is 1.20 bits per heavy atom. The first-order valence-corrected chi connectivity index (χ1v) is 8.71. The number of amides is 1. The van der Waals surface area contributed by atoms with Gasteiger partial charge in [-0.15, -0.1) is 0 Å². The Labute approximate surface area is 150 Å². The number of fused-ring (bicyclic) bond motifs is 1. The van der Waals surface area contributed by atoms with Crippen LogP contribution in [-0.4, -0.2) is 41.7 Å². The van der Waals surface area contributed by atoms with E-state index in [2.05, 4.69) is 0 Å². The van der Waals surface area contributed by atoms with E-state index in [1.165, 1.54) is 0 Å². The SMILES string of the molecule is Cc1cc2c(cc(C(=O)N3CCOCC3)n2Cc2ccccc2Cl)o1. The highest BCUT2D eigenvalue weighted by Crippen LogP contribution is 2.27. The number of furan rings is 1. The molecule has 0 spiro atoms. The first-order valence-electron chi connectivity index (χ1n) is 8.33. The predicted octanol–water partition coefficient (Wildman–Crippen LogP) is 3.72. The topological polar surface area (TPSA) is 47.6 Å². The molecule has 0 N–H and O–H groups in total. The zero-order valence-electron chi connectivity index (χ0n) is 14.0. The number of aryl methyl sites for hydroxylation is 1. The van der Waals surface area contributed by atoms with Gasteiger partial charge in [-0.2, -0.15) is 0 Å². The highest BCUT2D eigenvalue weighted by atomic mass is 35.5. The van der Waals surface area contributed by atoms with Crippen LogP contribution in [0.4, 0.5) is 0 Å². The summed E-state index contributed by atoms with van der Waals surface area (Å²) in [5, 5.41) is 0.689. The van der Waals surface area contributed by atoms with Gasteiger partial charge >= 0.3 is 0 Å². The van der Waals surface area contributed by atoms with Gasteiger partial charge in [0.2, 0.25) is 0 Å². The molecule has 0 unspecified atom stereocenters. The predicted molar refractivity (Wildman–Crippen MR) is 96.2 cm³/mol. The summed E-state index contributed by atoms with van der Waals surface area (Å²) < 4.78 is 13.1. The van der Waals surface area contributed by atoms with Crippen LogP contribution in [-0.2, 0) is 11.3 Å². The Balaban J connectivity index is 1.77. The van der Waals surface area contributed by atoms with Crippen molar-refractivity contribution >= 4 is 28.6 Å². The molecule has 0 atom stereocenters. The maximum Gasteiger partial charge on any atom is 0.270 e. The van der Waals surface area contributed by atoms with Crippen molar-refractivity contribution in [2.24, 2.45) is 0 Å². The van der Waals surface area contributed by atoms with Crippen molar-refractivity contribution in [3.8, 4) is 0 Å². The molecule has 0 aliphatic carbocycles. The molecular weight excluding hydrogens is 340 g/mol. The van der Waals surface area contributed by atoms with Crippen LogP contribution >= 0.6 is 11.6 Å². The van der Waals surface area contributed by atoms with Gasteiger partial charge in [0.25, 0.3) is 5.91 Å². The Morgan fingerprint density at radius 3 is 2.72 bits per heavy atom. The third-order valence-corrected chi connectivity index (χ3v) is 4.89. The van der Waals surface area contributed by atoms with E-state index in [9.17, 15) is 4.79 Å². The molecule has 1 aliphatic rings. The van der Waals surface area contributed by atoms with Gasteiger partial charge < -0.3 is 18.6 Å². The lowest BCUT2D eigenvalue weighted by atomic mass is 10.2. The Morgan fingerprint density at radius 2 is 1.96 bits per heavy atom. The second-order valence-electron chi connectivity index (χ2n) is 6.22. The highest BCUT2D eigenvalue weighted by Gasteiger charge is 2.24. The first-order chi connectivity index (χ1) is 12.1. The minimum atomic E-state index is -0.000549. The van der Waals surface area contributed by atoms with E-state index < -0.39 is 0 Å². The van der Waals surface area contributed by atoms with Crippen molar-refractivity contribution in [2.75, 3.05) is 26.3 Å². The highest BCUT2D eigenvalue weighted by molar-refractivity contribution is 6.31. The Hall–Kier alpha value is -2.24. The molecule has 3 aromatic rings. The number of carbonyl (C=O) groups is 1. The van der Waals surface area contributed by atoms with Crippen molar-refractivity contribution in [3.05, 3.63) is 58.4 Å². The molecule has 1 aromatic carbocycles. The number of nitrogens with zero attached hydrogens (tertiary/aromatic N) is 2. The number of benzene rings is 1. The minimum absolute atomic E-state index is 0.000549. The van der Waals surface area contributed by atoms with Crippen LogP contribution < -0.4 is 0 Å². The zero-order chi connectivity index (χ0) is 17.4. The van der Waals surface area contributed by atoms with Gasteiger partial charge in [-0.25, -0.2) is 0 Å². The molecular formula is C19H19ClN2O3. The number of hydrogen-bond donors (Lipinski definition) is 0. The fourth-order valence-corrected chi connectivity index (χ4v) is 3.43. The zero-order valence-corrected chi connectivity index (χ0v) is 14.8. The van der Waals surface area contributed by atoms with E-state index in [1.807, 2.05) is 52.8 Å². The third kappa shape index (κ3) is 3.05. The van der Waals surface area contributed by atoms with E-state index in [-0.39, 0.29) is 5.91 Å². The van der Waals surface area contributed by atoms with Gasteiger partial charge in [0, 0.05) is 36.8 Å². The second-order valence-corrected chi connectivity index (χ2v) is 6.63. The molecule has 2 aromatic heterocycles. The summed E-state index contributed by atoms with van der Waals surface area (Å²) in [5.74, 6) is 0.822. The fourth-order valence-electron chi connectivity index (χ4n) is 3.24. The normalized spacial score (nSPS) is 15.0. The molecule has 0 bridgehead atoms. The molecule has 3 heterocycles. The summed E-state index contributed by atoms with van der Waals surface area (Å²) in [4.78, 5) is 14.9. The first kappa shape index (κ1) is 16.2.